The van der Waals surface area contributed by atoms with Crippen LogP contribution in [0.25, 0.3) is 21.7 Å². The summed E-state index contributed by atoms with van der Waals surface area (Å²) in [5.74, 6) is 0.179. The molecular weight excluding hydrogens is 573 g/mol. The van der Waals surface area contributed by atoms with Crippen molar-refractivity contribution in [3.05, 3.63) is 118 Å². The summed E-state index contributed by atoms with van der Waals surface area (Å²) in [6, 6.07) is 33.1. The van der Waals surface area contributed by atoms with Crippen molar-refractivity contribution in [1.29, 1.82) is 0 Å². The summed E-state index contributed by atoms with van der Waals surface area (Å²) >= 11 is 3.45. The molecule has 0 aliphatic heterocycles. The SMILES string of the molecule is COc1nc2ccc(Br)cc2cc1C(c1ccccc1)C(O)(CC[AsH]C)c1cccc2ccccc12. The molecule has 3 unspecified atom stereocenters. The van der Waals surface area contributed by atoms with Crippen LogP contribution in [0.2, 0.25) is 10.9 Å². The van der Waals surface area contributed by atoms with Crippen LogP contribution in [0.3, 0.4) is 0 Å². The molecule has 0 spiro atoms. The third-order valence-corrected chi connectivity index (χ3v) is 8.96. The standard InChI is InChI=1S/C31H29AsBrNO2/c1-32-18-17-31(35,27-14-8-12-21-9-6-7-13-25(21)27)29(22-10-4-3-5-11-22)26-20-23-19-24(33)15-16-28(23)34-30(26)36-2/h3-16,19-20,29,32,35H,17-18H2,1-2H3. The first-order valence-electron chi connectivity index (χ1n) is 12.1. The maximum atomic E-state index is 13.0. The molecule has 0 amide bonds. The second-order valence-corrected chi connectivity index (χ2v) is 12.5. The zero-order valence-electron chi connectivity index (χ0n) is 20.4. The van der Waals surface area contributed by atoms with Gasteiger partial charge in [-0.15, -0.1) is 0 Å². The Morgan fingerprint density at radius 2 is 1.67 bits per heavy atom. The third-order valence-electron chi connectivity index (χ3n) is 6.90. The molecule has 0 radical (unpaired) electrons. The molecule has 5 heteroatoms. The Hall–Kier alpha value is -2.65. The Labute approximate surface area is 227 Å². The molecule has 5 rings (SSSR count). The fraction of sp³-hybridized carbons (Fsp3) is 0.194. The predicted molar refractivity (Wildman–Crippen MR) is 155 cm³/mol. The fourth-order valence-electron chi connectivity index (χ4n) is 5.23. The second kappa shape index (κ2) is 10.8. The van der Waals surface area contributed by atoms with Crippen LogP contribution in [-0.2, 0) is 5.60 Å². The predicted octanol–water partition coefficient (Wildman–Crippen LogP) is 7.47. The first kappa shape index (κ1) is 25.0. The van der Waals surface area contributed by atoms with Gasteiger partial charge < -0.3 is 0 Å². The van der Waals surface area contributed by atoms with Gasteiger partial charge in [-0.05, 0) is 0 Å². The summed E-state index contributed by atoms with van der Waals surface area (Å²) in [7, 11) is 1.66. The maximum absolute atomic E-state index is 13.0. The Balaban J connectivity index is 1.84. The number of nitrogens with zero attached hydrogens (tertiary/aromatic N) is 1. The molecule has 1 heterocycles. The average molecular weight is 602 g/mol. The van der Waals surface area contributed by atoms with E-state index in [-0.39, 0.29) is 21.7 Å². The molecule has 4 aromatic carbocycles. The zero-order valence-corrected chi connectivity index (χ0v) is 24.1. The number of halogens is 1. The van der Waals surface area contributed by atoms with Crippen molar-refractivity contribution < 1.29 is 9.84 Å². The van der Waals surface area contributed by atoms with Crippen molar-refractivity contribution in [1.82, 2.24) is 4.98 Å². The van der Waals surface area contributed by atoms with E-state index in [1.54, 1.807) is 7.11 Å². The molecule has 182 valence electrons. The molecular formula is C31H29AsBrNO2. The van der Waals surface area contributed by atoms with E-state index in [1.165, 1.54) is 0 Å². The van der Waals surface area contributed by atoms with Gasteiger partial charge in [-0.25, -0.2) is 0 Å². The van der Waals surface area contributed by atoms with Crippen LogP contribution >= 0.6 is 15.9 Å². The van der Waals surface area contributed by atoms with Gasteiger partial charge in [0.15, 0.2) is 0 Å². The first-order valence-corrected chi connectivity index (χ1v) is 16.5. The van der Waals surface area contributed by atoms with Crippen LogP contribution in [0.15, 0.2) is 102 Å². The Bertz CT molecular complexity index is 1500. The van der Waals surface area contributed by atoms with Crippen molar-refractivity contribution in [2.75, 3.05) is 7.11 Å². The third kappa shape index (κ3) is 4.70. The molecule has 3 nitrogen and oxygen atoms in total. The number of hydrogen-bond acceptors (Lipinski definition) is 3. The number of pyridine rings is 1. The number of aliphatic hydroxyl groups is 1. The van der Waals surface area contributed by atoms with E-state index in [4.69, 9.17) is 9.72 Å². The van der Waals surface area contributed by atoms with E-state index in [1.807, 2.05) is 42.5 Å². The molecule has 1 aromatic heterocycles. The van der Waals surface area contributed by atoms with Gasteiger partial charge in [0.2, 0.25) is 0 Å². The van der Waals surface area contributed by atoms with Gasteiger partial charge in [-0.2, -0.15) is 0 Å². The summed E-state index contributed by atoms with van der Waals surface area (Å²) in [5.41, 5.74) is 4.87. The van der Waals surface area contributed by atoms with Crippen molar-refractivity contribution in [3.8, 4) is 5.88 Å². The van der Waals surface area contributed by atoms with Gasteiger partial charge in [-0.1, -0.05) is 0 Å². The topological polar surface area (TPSA) is 42.4 Å². The van der Waals surface area contributed by atoms with Crippen LogP contribution < -0.4 is 4.74 Å². The van der Waals surface area contributed by atoms with E-state index in [0.29, 0.717) is 12.3 Å². The average Bonchev–Trinajstić information content (AvgIpc) is 2.92. The van der Waals surface area contributed by atoms with Crippen molar-refractivity contribution in [2.24, 2.45) is 0 Å². The van der Waals surface area contributed by atoms with Gasteiger partial charge in [0, 0.05) is 0 Å². The molecule has 0 fully saturated rings. The van der Waals surface area contributed by atoms with Crippen molar-refractivity contribution >= 4 is 53.4 Å². The minimum atomic E-state index is -1.16. The minimum absolute atomic E-state index is 0.155. The summed E-state index contributed by atoms with van der Waals surface area (Å²) in [6.45, 7) is 0. The molecule has 1 N–H and O–H groups in total. The van der Waals surface area contributed by atoms with E-state index in [9.17, 15) is 5.11 Å². The molecule has 0 saturated carbocycles. The van der Waals surface area contributed by atoms with Crippen LogP contribution in [0, 0.1) is 0 Å². The molecule has 0 aliphatic carbocycles. The Kier molecular flexibility index (Phi) is 7.48. The molecule has 0 saturated heterocycles. The molecule has 36 heavy (non-hydrogen) atoms. The van der Waals surface area contributed by atoms with Crippen LogP contribution in [-0.4, -0.2) is 33.0 Å². The normalized spacial score (nSPS) is 14.3. The fourth-order valence-corrected chi connectivity index (χ4v) is 6.93. The summed E-state index contributed by atoms with van der Waals surface area (Å²) in [5, 5.41) is 17.2. The summed E-state index contributed by atoms with van der Waals surface area (Å²) in [4.78, 5) is 4.88. The summed E-state index contributed by atoms with van der Waals surface area (Å²) in [6.07, 6.45) is 0.663. The number of ether oxygens (including phenoxy) is 1. The number of hydrogen-bond donors (Lipinski definition) is 1. The van der Waals surface area contributed by atoms with Crippen molar-refractivity contribution in [2.45, 2.75) is 28.9 Å². The second-order valence-electron chi connectivity index (χ2n) is 9.07. The van der Waals surface area contributed by atoms with E-state index in [0.717, 1.165) is 48.0 Å². The van der Waals surface area contributed by atoms with Crippen LogP contribution in [0.4, 0.5) is 0 Å². The van der Waals surface area contributed by atoms with E-state index in [2.05, 4.69) is 76.2 Å². The molecule has 0 bridgehead atoms. The van der Waals surface area contributed by atoms with Gasteiger partial charge in [0.25, 0.3) is 0 Å². The Morgan fingerprint density at radius 3 is 2.44 bits per heavy atom. The number of fused-ring (bicyclic) bond motifs is 2. The molecule has 0 aliphatic rings. The van der Waals surface area contributed by atoms with Crippen LogP contribution in [0.1, 0.15) is 29.0 Å². The van der Waals surface area contributed by atoms with Gasteiger partial charge >= 0.3 is 228 Å². The Morgan fingerprint density at radius 1 is 0.917 bits per heavy atom. The number of aromatic nitrogens is 1. The first-order chi connectivity index (χ1) is 17.5. The van der Waals surface area contributed by atoms with Gasteiger partial charge in [-0.3, -0.25) is 0 Å². The summed E-state index contributed by atoms with van der Waals surface area (Å²) < 4.78 is 6.87. The quantitative estimate of drug-likeness (QED) is 0.188. The van der Waals surface area contributed by atoms with Gasteiger partial charge in [0.1, 0.15) is 0 Å². The van der Waals surface area contributed by atoms with Gasteiger partial charge in [0.05, 0.1) is 0 Å². The number of methoxy groups -OCH3 is 1. The molecule has 5 aromatic rings. The van der Waals surface area contributed by atoms with E-state index >= 15 is 0 Å². The van der Waals surface area contributed by atoms with Crippen molar-refractivity contribution in [3.63, 3.8) is 0 Å². The monoisotopic (exact) mass is 601 g/mol. The number of rotatable bonds is 8. The number of benzene rings is 4. The van der Waals surface area contributed by atoms with Crippen LogP contribution in [0.5, 0.6) is 5.88 Å². The van der Waals surface area contributed by atoms with E-state index < -0.39 is 5.60 Å². The molecule has 3 atom stereocenters. The zero-order chi connectivity index (χ0) is 25.1.